The van der Waals surface area contributed by atoms with E-state index in [9.17, 15) is 30.6 Å². The van der Waals surface area contributed by atoms with Gasteiger partial charge in [-0.1, -0.05) is 0 Å². The maximum atomic E-state index is 11.0. The van der Waals surface area contributed by atoms with Gasteiger partial charge in [-0.3, -0.25) is 20.2 Å². The van der Waals surface area contributed by atoms with Gasteiger partial charge in [-0.25, -0.2) is 4.99 Å². The minimum absolute atomic E-state index is 0.152. The van der Waals surface area contributed by atoms with Crippen LogP contribution in [0.5, 0.6) is 5.75 Å². The van der Waals surface area contributed by atoms with Crippen LogP contribution < -0.4 is 0 Å². The first-order valence-electron chi connectivity index (χ1n) is 7.67. The summed E-state index contributed by atoms with van der Waals surface area (Å²) in [6.45, 7) is 0. The average molecular weight is 372 g/mol. The molecule has 0 fully saturated rings. The highest BCUT2D eigenvalue weighted by atomic mass is 32.1. The van der Waals surface area contributed by atoms with Crippen LogP contribution in [0.15, 0.2) is 17.1 Å². The molecule has 1 heterocycles. The number of thiophene rings is 1. The summed E-state index contributed by atoms with van der Waals surface area (Å²) in [7, 11) is 0. The number of aromatic hydroxyl groups is 1. The molecule has 0 saturated heterocycles. The predicted molar refractivity (Wildman–Crippen MR) is 94.3 cm³/mol. The van der Waals surface area contributed by atoms with Crippen molar-refractivity contribution in [3.05, 3.63) is 53.9 Å². The fraction of sp³-hybridized carbons (Fsp3) is 0.250. The molecule has 0 saturated carbocycles. The van der Waals surface area contributed by atoms with E-state index in [1.807, 2.05) is 0 Å². The van der Waals surface area contributed by atoms with Crippen molar-refractivity contribution < 1.29 is 15.0 Å². The molecule has 0 bridgehead atoms. The molecule has 1 aromatic heterocycles. The molecule has 26 heavy (non-hydrogen) atoms. The molecular weight excluding hydrogens is 360 g/mol. The lowest BCUT2D eigenvalue weighted by Gasteiger charge is -2.09. The lowest BCUT2D eigenvalue weighted by Crippen LogP contribution is -1.99. The smallest absolute Gasteiger partial charge is 0.318 e. The van der Waals surface area contributed by atoms with Crippen LogP contribution >= 0.6 is 11.3 Å². The number of hydrogen-bond acceptors (Lipinski definition) is 8. The summed E-state index contributed by atoms with van der Waals surface area (Å²) in [5.74, 6) is -0.704. The normalized spacial score (nSPS) is 13.3. The maximum absolute atomic E-state index is 11.0. The molecule has 1 aliphatic carbocycles. The third kappa shape index (κ3) is 3.12. The molecule has 1 N–H and O–H groups in total. The highest BCUT2D eigenvalue weighted by Crippen LogP contribution is 2.40. The van der Waals surface area contributed by atoms with Crippen molar-refractivity contribution in [3.63, 3.8) is 0 Å². The third-order valence-corrected chi connectivity index (χ3v) is 5.30. The highest BCUT2D eigenvalue weighted by molar-refractivity contribution is 7.16. The first-order chi connectivity index (χ1) is 12.4. The summed E-state index contributed by atoms with van der Waals surface area (Å²) in [6, 6.07) is 3.83. The quantitative estimate of drug-likeness (QED) is 0.491. The lowest BCUT2D eigenvalue weighted by molar-refractivity contribution is -0.394. The number of nitro benzene ring substituents is 2. The molecular formula is C16H12N4O5S. The number of nitrogens with zero attached hydrogens (tertiary/aromatic N) is 4. The maximum Gasteiger partial charge on any atom is 0.318 e. The second-order valence-electron chi connectivity index (χ2n) is 5.68. The van der Waals surface area contributed by atoms with Gasteiger partial charge in [0.15, 0.2) is 0 Å². The standard InChI is InChI=1S/C16H12N4O5S/c17-7-12-11-3-1-2-4-14(11)26-16(12)18-8-9-5-10(19(22)23)6-13(15(9)21)20(24)25/h5-6,8,21H,1-4H2. The van der Waals surface area contributed by atoms with Gasteiger partial charge in [0.05, 0.1) is 21.5 Å². The van der Waals surface area contributed by atoms with E-state index >= 15 is 0 Å². The van der Waals surface area contributed by atoms with Gasteiger partial charge in [-0.2, -0.15) is 5.26 Å². The molecule has 1 aliphatic rings. The molecule has 0 amide bonds. The van der Waals surface area contributed by atoms with Crippen LogP contribution in [0.4, 0.5) is 16.4 Å². The van der Waals surface area contributed by atoms with Crippen molar-refractivity contribution in [1.29, 1.82) is 5.26 Å². The van der Waals surface area contributed by atoms with Gasteiger partial charge in [0.25, 0.3) is 5.69 Å². The molecule has 0 radical (unpaired) electrons. The lowest BCUT2D eigenvalue weighted by atomic mass is 9.96. The second-order valence-corrected chi connectivity index (χ2v) is 6.76. The van der Waals surface area contributed by atoms with E-state index in [1.165, 1.54) is 11.3 Å². The van der Waals surface area contributed by atoms with Crippen molar-refractivity contribution in [2.75, 3.05) is 0 Å². The summed E-state index contributed by atoms with van der Waals surface area (Å²) in [6.07, 6.45) is 4.84. The molecule has 0 atom stereocenters. The van der Waals surface area contributed by atoms with E-state index in [2.05, 4.69) is 11.1 Å². The molecule has 1 aromatic carbocycles. The fourth-order valence-electron chi connectivity index (χ4n) is 2.85. The Kier molecular flexibility index (Phi) is 4.64. The van der Waals surface area contributed by atoms with E-state index in [1.54, 1.807) is 0 Å². The number of fused-ring (bicyclic) bond motifs is 1. The van der Waals surface area contributed by atoms with Gasteiger partial charge in [-0.05, 0) is 31.2 Å². The van der Waals surface area contributed by atoms with Gasteiger partial charge >= 0.3 is 5.69 Å². The van der Waals surface area contributed by atoms with Crippen LogP contribution in [0.3, 0.4) is 0 Å². The largest absolute Gasteiger partial charge is 0.502 e. The van der Waals surface area contributed by atoms with E-state index in [0.29, 0.717) is 16.6 Å². The number of nitro groups is 2. The van der Waals surface area contributed by atoms with Crippen LogP contribution in [0.2, 0.25) is 0 Å². The first kappa shape index (κ1) is 17.5. The highest BCUT2D eigenvalue weighted by Gasteiger charge is 2.24. The number of aliphatic imine (C=N–C) groups is 1. The van der Waals surface area contributed by atoms with Gasteiger partial charge < -0.3 is 5.11 Å². The zero-order valence-corrected chi connectivity index (χ0v) is 14.2. The molecule has 3 rings (SSSR count). The summed E-state index contributed by atoms with van der Waals surface area (Å²) in [4.78, 5) is 25.5. The number of aryl methyl sites for hydroxylation is 1. The molecule has 2 aromatic rings. The van der Waals surface area contributed by atoms with E-state index in [4.69, 9.17) is 0 Å². The Hall–Kier alpha value is -3.32. The summed E-state index contributed by atoms with van der Waals surface area (Å²) in [5, 5.41) is 41.8. The molecule has 132 valence electrons. The Balaban J connectivity index is 2.07. The SMILES string of the molecule is N#Cc1c(N=Cc2cc([N+](=O)[O-])cc([N+](=O)[O-])c2O)sc2c1CCCC2. The number of nitriles is 1. The van der Waals surface area contributed by atoms with E-state index < -0.39 is 27.0 Å². The Morgan fingerprint density at radius 3 is 2.62 bits per heavy atom. The molecule has 9 nitrogen and oxygen atoms in total. The van der Waals surface area contributed by atoms with Crippen molar-refractivity contribution in [1.82, 2.24) is 0 Å². The van der Waals surface area contributed by atoms with Crippen LogP contribution in [0.1, 0.15) is 34.4 Å². The van der Waals surface area contributed by atoms with Gasteiger partial charge in [-0.15, -0.1) is 11.3 Å². The van der Waals surface area contributed by atoms with Gasteiger partial charge in [0.2, 0.25) is 5.75 Å². The fourth-order valence-corrected chi connectivity index (χ4v) is 4.04. The Bertz CT molecular complexity index is 990. The summed E-state index contributed by atoms with van der Waals surface area (Å²) < 4.78 is 0. The van der Waals surface area contributed by atoms with Gasteiger partial charge in [0.1, 0.15) is 11.1 Å². The minimum Gasteiger partial charge on any atom is -0.502 e. The minimum atomic E-state index is -0.899. The number of rotatable bonds is 4. The van der Waals surface area contributed by atoms with Gasteiger partial charge in [0, 0.05) is 22.7 Å². The number of benzene rings is 1. The number of non-ortho nitro benzene ring substituents is 1. The Morgan fingerprint density at radius 2 is 1.96 bits per heavy atom. The summed E-state index contributed by atoms with van der Waals surface area (Å²) in [5.41, 5.74) is -0.0137. The Labute approximate surface area is 151 Å². The third-order valence-electron chi connectivity index (χ3n) is 4.10. The van der Waals surface area contributed by atoms with Crippen LogP contribution in [-0.4, -0.2) is 21.2 Å². The second kappa shape index (κ2) is 6.89. The topological polar surface area (TPSA) is 143 Å². The van der Waals surface area contributed by atoms with Crippen LogP contribution in [-0.2, 0) is 12.8 Å². The van der Waals surface area contributed by atoms with E-state index in [-0.39, 0.29) is 5.56 Å². The number of hydrogen-bond donors (Lipinski definition) is 1. The predicted octanol–water partition coefficient (Wildman–Crippen LogP) is 3.77. The average Bonchev–Trinajstić information content (AvgIpc) is 2.97. The zero-order valence-electron chi connectivity index (χ0n) is 13.3. The Morgan fingerprint density at radius 1 is 1.23 bits per heavy atom. The number of phenolic OH excluding ortho intramolecular Hbond substituents is 1. The monoisotopic (exact) mass is 372 g/mol. The molecule has 0 aliphatic heterocycles. The van der Waals surface area contributed by atoms with Crippen molar-refractivity contribution in [2.45, 2.75) is 25.7 Å². The van der Waals surface area contributed by atoms with Crippen molar-refractivity contribution in [3.8, 4) is 11.8 Å². The first-order valence-corrected chi connectivity index (χ1v) is 8.48. The molecule has 10 heteroatoms. The summed E-state index contributed by atoms with van der Waals surface area (Å²) >= 11 is 1.36. The number of phenols is 1. The van der Waals surface area contributed by atoms with Crippen molar-refractivity contribution in [2.24, 2.45) is 4.99 Å². The van der Waals surface area contributed by atoms with Crippen molar-refractivity contribution >= 4 is 33.9 Å². The van der Waals surface area contributed by atoms with Crippen LogP contribution in [0, 0.1) is 31.6 Å². The molecule has 0 unspecified atom stereocenters. The van der Waals surface area contributed by atoms with Crippen LogP contribution in [0.25, 0.3) is 0 Å². The zero-order chi connectivity index (χ0) is 18.8. The van der Waals surface area contributed by atoms with E-state index in [0.717, 1.165) is 48.4 Å². The molecule has 0 spiro atoms.